The van der Waals surface area contributed by atoms with E-state index in [9.17, 15) is 81.6 Å². The number of methoxy groups -OCH3 is 2. The van der Waals surface area contributed by atoms with Gasteiger partial charge in [0.1, 0.15) is 49.7 Å². The number of anilines is 1. The predicted octanol–water partition coefficient (Wildman–Crippen LogP) is 5.02. The lowest BCUT2D eigenvalue weighted by Crippen LogP contribution is -2.33. The van der Waals surface area contributed by atoms with Crippen LogP contribution in [0.5, 0.6) is 17.2 Å². The predicted molar refractivity (Wildman–Crippen MR) is 223 cm³/mol. The van der Waals surface area contributed by atoms with Crippen molar-refractivity contribution in [2.45, 2.75) is 25.6 Å². The molecule has 1 aliphatic rings. The molecule has 350 valence electrons. The zero-order chi connectivity index (χ0) is 49.6. The van der Waals surface area contributed by atoms with Gasteiger partial charge >= 0.3 is 11.9 Å². The lowest BCUT2D eigenvalue weighted by atomic mass is 10.1. The van der Waals surface area contributed by atoms with E-state index in [1.807, 2.05) is 0 Å². The third kappa shape index (κ3) is 10.1. The van der Waals surface area contributed by atoms with Gasteiger partial charge in [-0.1, -0.05) is 0 Å². The first-order chi connectivity index (χ1) is 31.1. The highest BCUT2D eigenvalue weighted by molar-refractivity contribution is 7.87. The highest BCUT2D eigenvalue weighted by Gasteiger charge is 2.41. The van der Waals surface area contributed by atoms with Crippen molar-refractivity contribution >= 4 is 109 Å². The highest BCUT2D eigenvalue weighted by atomic mass is 32.2. The fraction of sp³-hybridized carbons (Fsp3) is 0.0857. The molecule has 0 fully saturated rings. The number of aromatic carboxylic acids is 1. The smallest absolute Gasteiger partial charge is 0.355 e. The minimum atomic E-state index is -5.54. The average molecular weight is 1010 g/mol. The minimum absolute atomic E-state index is 0.166. The van der Waals surface area contributed by atoms with Crippen LogP contribution in [0, 0.1) is 0 Å². The van der Waals surface area contributed by atoms with Gasteiger partial charge in [-0.05, 0) is 60.7 Å². The number of nitrogens with zero attached hydrogens (tertiary/aromatic N) is 8. The maximum atomic E-state index is 13.3. The van der Waals surface area contributed by atoms with Crippen LogP contribution in [0.15, 0.2) is 128 Å². The second-order valence-electron chi connectivity index (χ2n) is 13.1. The number of rotatable bonds is 15. The summed E-state index contributed by atoms with van der Waals surface area (Å²) in [5, 5.41) is 56.0. The van der Waals surface area contributed by atoms with Crippen molar-refractivity contribution in [2.24, 2.45) is 35.8 Å². The van der Waals surface area contributed by atoms with E-state index in [4.69, 9.17) is 9.47 Å². The SMILES string of the molecule is COc1cc(/N=N/c2c(S(=O)(=O)O)cc3c(S(=O)(=O)O)c(/N=N/C4C(=O)N(c5ccc(S(=O)(=O)O)cc5)N=C4C(=O)O)ccc3c2O)c(OC)cc1/N=N/c1ccc(S(=O)(=O)O)cc1C(=O)O. The van der Waals surface area contributed by atoms with Crippen LogP contribution in [-0.4, -0.2) is 111 Å². The second kappa shape index (κ2) is 17.9. The number of carboxylic acids is 2. The molecule has 1 atom stereocenters. The van der Waals surface area contributed by atoms with Gasteiger partial charge in [-0.3, -0.25) is 23.0 Å². The molecule has 1 unspecified atom stereocenters. The first-order valence-corrected chi connectivity index (χ1v) is 23.3. The normalized spacial score (nSPS) is 15.0. The number of azo groups is 3. The summed E-state index contributed by atoms with van der Waals surface area (Å²) in [6.45, 7) is 0. The molecule has 0 aliphatic carbocycles. The monoisotopic (exact) mass is 1010 g/mol. The van der Waals surface area contributed by atoms with Crippen LogP contribution < -0.4 is 14.5 Å². The number of hydrogen-bond acceptors (Lipinski definition) is 21. The van der Waals surface area contributed by atoms with Gasteiger partial charge in [0, 0.05) is 22.9 Å². The molecule has 28 nitrogen and oxygen atoms in total. The summed E-state index contributed by atoms with van der Waals surface area (Å²) in [6, 6.07) is 8.37. The Kier molecular flexibility index (Phi) is 13.0. The number of carboxylic acid groups (broad SMARTS) is 2. The van der Waals surface area contributed by atoms with Gasteiger partial charge in [-0.25, -0.2) is 9.59 Å². The van der Waals surface area contributed by atoms with Crippen LogP contribution in [0.25, 0.3) is 10.8 Å². The summed E-state index contributed by atoms with van der Waals surface area (Å²) in [5.74, 6) is -6.23. The van der Waals surface area contributed by atoms with Crippen LogP contribution in [0.4, 0.5) is 34.1 Å². The van der Waals surface area contributed by atoms with Crippen LogP contribution in [0.2, 0.25) is 0 Å². The molecule has 0 radical (unpaired) electrons. The number of hydrogen-bond donors (Lipinski definition) is 7. The van der Waals surface area contributed by atoms with Crippen LogP contribution >= 0.6 is 0 Å². The van der Waals surface area contributed by atoms with Gasteiger partial charge in [0.15, 0.2) is 11.5 Å². The van der Waals surface area contributed by atoms with E-state index in [0.29, 0.717) is 17.1 Å². The number of amides is 1. The number of carbonyl (C=O) groups is 3. The molecule has 7 N–H and O–H groups in total. The number of hydrazone groups is 1. The number of aliphatic carboxylic acids is 1. The van der Waals surface area contributed by atoms with E-state index >= 15 is 0 Å². The molecule has 1 heterocycles. The van der Waals surface area contributed by atoms with Gasteiger partial charge in [0.25, 0.3) is 46.4 Å². The molecule has 32 heteroatoms. The number of ether oxygens (including phenoxy) is 2. The van der Waals surface area contributed by atoms with Crippen molar-refractivity contribution in [1.29, 1.82) is 0 Å². The summed E-state index contributed by atoms with van der Waals surface area (Å²) >= 11 is 0. The Hall–Kier alpha value is -7.72. The van der Waals surface area contributed by atoms with Crippen molar-refractivity contribution in [2.75, 3.05) is 19.2 Å². The number of fused-ring (bicyclic) bond motifs is 1. The van der Waals surface area contributed by atoms with Crippen molar-refractivity contribution in [3.63, 3.8) is 0 Å². The molecule has 0 bridgehead atoms. The van der Waals surface area contributed by atoms with Gasteiger partial charge in [-0.2, -0.15) is 54.0 Å². The van der Waals surface area contributed by atoms with Crippen molar-refractivity contribution in [3.8, 4) is 17.2 Å². The molecule has 5 aromatic carbocycles. The highest BCUT2D eigenvalue weighted by Crippen LogP contribution is 2.47. The van der Waals surface area contributed by atoms with Gasteiger partial charge in [-0.15, -0.1) is 20.5 Å². The first-order valence-electron chi connectivity index (χ1n) is 17.5. The standard InChI is InChI=1S/C35H26N8O20S4/c1-62-25-14-24(26(63-2)13-23(25)38-36-21-9-7-17(65(53,54)55)11-20(21)34(46)47)39-40-28-27(66(56,57)58)12-19-18(31(28)44)8-10-22(32(19)67(59,60)61)37-41-29-30(35(48)49)42-43(33(29)45)15-3-5-16(6-4-15)64(50,51)52/h3-14,29,44H,1-2H3,(H,46,47)(H,48,49)(H,50,51,52)(H,53,54,55)(H,56,57,58)(H,59,60,61)/b38-36+,40-39+,41-37+. The minimum Gasteiger partial charge on any atom is -0.505 e. The maximum Gasteiger partial charge on any atom is 0.355 e. The molecule has 0 spiro atoms. The third-order valence-corrected chi connectivity index (χ3v) is 12.5. The number of phenolic OH excluding ortho intramolecular Hbond substituents is 1. The Morgan fingerprint density at radius 3 is 1.66 bits per heavy atom. The van der Waals surface area contributed by atoms with E-state index in [-0.39, 0.29) is 34.2 Å². The quantitative estimate of drug-likeness (QED) is 0.0534. The zero-order valence-electron chi connectivity index (χ0n) is 33.2. The molecule has 1 amide bonds. The van der Waals surface area contributed by atoms with E-state index < -0.39 is 123 Å². The van der Waals surface area contributed by atoms with Crippen LogP contribution in [-0.2, 0) is 50.1 Å². The number of carbonyl (C=O) groups excluding carboxylic acids is 1. The summed E-state index contributed by atoms with van der Waals surface area (Å²) in [4.78, 5) is 33.2. The molecule has 6 rings (SSSR count). The van der Waals surface area contributed by atoms with E-state index in [0.717, 1.165) is 74.9 Å². The first kappa shape index (κ1) is 48.7. The lowest BCUT2D eigenvalue weighted by Gasteiger charge is -2.13. The van der Waals surface area contributed by atoms with Crippen molar-refractivity contribution in [1.82, 2.24) is 0 Å². The Morgan fingerprint density at radius 1 is 0.612 bits per heavy atom. The Bertz CT molecular complexity index is 3540. The Balaban J connectivity index is 1.41. The summed E-state index contributed by atoms with van der Waals surface area (Å²) < 4.78 is 147. The fourth-order valence-electron chi connectivity index (χ4n) is 5.96. The van der Waals surface area contributed by atoms with Crippen molar-refractivity contribution < 1.29 is 91.1 Å². The average Bonchev–Trinajstić information content (AvgIpc) is 3.58. The zero-order valence-corrected chi connectivity index (χ0v) is 36.4. The Morgan fingerprint density at radius 2 is 1.15 bits per heavy atom. The van der Waals surface area contributed by atoms with E-state index in [1.54, 1.807) is 0 Å². The van der Waals surface area contributed by atoms with Gasteiger partial charge < -0.3 is 24.8 Å². The molecule has 5 aromatic rings. The van der Waals surface area contributed by atoms with E-state index in [2.05, 4.69) is 35.8 Å². The summed E-state index contributed by atoms with van der Waals surface area (Å²) in [7, 11) is -18.2. The molecule has 0 aromatic heterocycles. The molecular weight excluding hydrogens is 981 g/mol. The maximum absolute atomic E-state index is 13.3. The third-order valence-electron chi connectivity index (χ3n) is 8.99. The van der Waals surface area contributed by atoms with Gasteiger partial charge in [0.2, 0.25) is 6.04 Å². The summed E-state index contributed by atoms with van der Waals surface area (Å²) in [6.07, 6.45) is 0. The number of phenols is 1. The molecule has 0 saturated heterocycles. The molecule has 0 saturated carbocycles. The van der Waals surface area contributed by atoms with Gasteiger partial charge in [0.05, 0.1) is 35.3 Å². The number of benzene rings is 5. The molecule has 1 aliphatic heterocycles. The largest absolute Gasteiger partial charge is 0.505 e. The summed E-state index contributed by atoms with van der Waals surface area (Å²) in [5.41, 5.74) is -4.58. The second-order valence-corrected chi connectivity index (χ2v) is 18.7. The molecular formula is C35H26N8O20S4. The topological polar surface area (TPSA) is 438 Å². The fourth-order valence-corrected chi connectivity index (χ4v) is 8.42. The van der Waals surface area contributed by atoms with Crippen LogP contribution in [0.1, 0.15) is 10.4 Å². The van der Waals surface area contributed by atoms with Crippen molar-refractivity contribution in [3.05, 3.63) is 78.4 Å². The lowest BCUT2D eigenvalue weighted by molar-refractivity contribution is -0.130. The number of aromatic hydroxyl groups is 1. The Labute approximate surface area is 374 Å². The van der Waals surface area contributed by atoms with Crippen LogP contribution in [0.3, 0.4) is 0 Å². The van der Waals surface area contributed by atoms with E-state index in [1.165, 1.54) is 0 Å². The molecule has 67 heavy (non-hydrogen) atoms.